The number of rotatable bonds is 6. The van der Waals surface area contributed by atoms with Gasteiger partial charge in [0.1, 0.15) is 0 Å². The summed E-state index contributed by atoms with van der Waals surface area (Å²) in [5.74, 6) is 0. The highest BCUT2D eigenvalue weighted by molar-refractivity contribution is 5.16. The normalized spacial score (nSPS) is 13.2. The molecule has 0 spiro atoms. The van der Waals surface area contributed by atoms with E-state index < -0.39 is 37.4 Å². The molecule has 0 amide bonds. The van der Waals surface area contributed by atoms with Gasteiger partial charge in [-0.05, 0) is 18.4 Å². The Hall–Kier alpha value is -1.50. The number of halogens is 6. The molecule has 1 aromatic rings. The van der Waals surface area contributed by atoms with E-state index >= 15 is 0 Å². The fourth-order valence-corrected chi connectivity index (χ4v) is 1.85. The summed E-state index contributed by atoms with van der Waals surface area (Å²) in [4.78, 5) is 0. The molecule has 21 heavy (non-hydrogen) atoms. The van der Waals surface area contributed by atoms with Crippen LogP contribution in [0.15, 0.2) is 43.0 Å². The molecule has 7 heteroatoms. The van der Waals surface area contributed by atoms with Crippen LogP contribution in [-0.4, -0.2) is 24.6 Å². The van der Waals surface area contributed by atoms with Gasteiger partial charge < -0.3 is 4.74 Å². The Morgan fingerprint density at radius 2 is 1.48 bits per heavy atom. The zero-order valence-electron chi connectivity index (χ0n) is 11.0. The zero-order chi connectivity index (χ0) is 16.1. The summed E-state index contributed by atoms with van der Waals surface area (Å²) < 4.78 is 82.3. The summed E-state index contributed by atoms with van der Waals surface area (Å²) in [6.07, 6.45) is -11.9. The topological polar surface area (TPSA) is 9.23 Å². The van der Waals surface area contributed by atoms with Crippen molar-refractivity contribution >= 4 is 0 Å². The summed E-state index contributed by atoms with van der Waals surface area (Å²) in [5, 5.41) is 0. The van der Waals surface area contributed by atoms with Gasteiger partial charge in [-0.1, -0.05) is 36.4 Å². The molecule has 0 unspecified atom stereocenters. The molecule has 0 aliphatic carbocycles. The van der Waals surface area contributed by atoms with E-state index in [1.165, 1.54) is 12.1 Å². The highest BCUT2D eigenvalue weighted by atomic mass is 19.4. The summed E-state index contributed by atoms with van der Waals surface area (Å²) in [5.41, 5.74) is -3.82. The Labute approximate surface area is 118 Å². The van der Waals surface area contributed by atoms with Gasteiger partial charge in [-0.15, -0.1) is 6.58 Å². The van der Waals surface area contributed by atoms with E-state index in [1.54, 1.807) is 18.2 Å². The highest BCUT2D eigenvalue weighted by Crippen LogP contribution is 2.48. The second kappa shape index (κ2) is 6.51. The number of ether oxygens (including phenoxy) is 1. The standard InChI is InChI=1S/C14H14F6O/c1-2-10-21-12(13(15,16)17,14(18,19)20)9-8-11-6-4-3-5-7-11/h2-7H,1,8-10H2. The first-order chi connectivity index (χ1) is 9.64. The molecule has 1 aromatic carbocycles. The van der Waals surface area contributed by atoms with Crippen LogP contribution in [0, 0.1) is 0 Å². The van der Waals surface area contributed by atoms with Crippen molar-refractivity contribution in [2.45, 2.75) is 30.8 Å². The molecule has 0 heterocycles. The maximum Gasteiger partial charge on any atom is 0.426 e. The van der Waals surface area contributed by atoms with Gasteiger partial charge >= 0.3 is 12.4 Å². The van der Waals surface area contributed by atoms with Crippen molar-refractivity contribution in [3.05, 3.63) is 48.6 Å². The molecule has 118 valence electrons. The molecule has 0 N–H and O–H groups in total. The molecule has 0 aliphatic rings. The predicted molar refractivity (Wildman–Crippen MR) is 65.8 cm³/mol. The molecule has 0 saturated carbocycles. The Morgan fingerprint density at radius 1 is 0.952 bits per heavy atom. The van der Waals surface area contributed by atoms with Crippen molar-refractivity contribution in [1.82, 2.24) is 0 Å². The lowest BCUT2D eigenvalue weighted by Crippen LogP contribution is -2.59. The van der Waals surface area contributed by atoms with Gasteiger partial charge in [0, 0.05) is 0 Å². The molecule has 0 saturated heterocycles. The lowest BCUT2D eigenvalue weighted by molar-refractivity contribution is -0.380. The predicted octanol–water partition coefficient (Wildman–Crippen LogP) is 4.69. The molecule has 0 aromatic heterocycles. The summed E-state index contributed by atoms with van der Waals surface area (Å²) in [6.45, 7) is 2.25. The largest absolute Gasteiger partial charge is 0.426 e. The van der Waals surface area contributed by atoms with Crippen LogP contribution >= 0.6 is 0 Å². The second-order valence-corrected chi connectivity index (χ2v) is 4.41. The van der Waals surface area contributed by atoms with Crippen LogP contribution < -0.4 is 0 Å². The number of hydrogen-bond acceptors (Lipinski definition) is 1. The van der Waals surface area contributed by atoms with Gasteiger partial charge in [-0.3, -0.25) is 0 Å². The first kappa shape index (κ1) is 17.6. The maximum absolute atomic E-state index is 13.0. The molecular formula is C14H14F6O. The summed E-state index contributed by atoms with van der Waals surface area (Å²) in [6, 6.07) is 7.64. The van der Waals surface area contributed by atoms with E-state index in [-0.39, 0.29) is 0 Å². The lowest BCUT2D eigenvalue weighted by atomic mass is 9.93. The average Bonchev–Trinajstić information content (AvgIpc) is 2.37. The third kappa shape index (κ3) is 4.00. The van der Waals surface area contributed by atoms with E-state index in [1.807, 2.05) is 0 Å². The van der Waals surface area contributed by atoms with Gasteiger partial charge in [0.05, 0.1) is 6.61 Å². The first-order valence-corrected chi connectivity index (χ1v) is 6.06. The number of aryl methyl sites for hydroxylation is 1. The van der Waals surface area contributed by atoms with Crippen molar-refractivity contribution in [3.8, 4) is 0 Å². The van der Waals surface area contributed by atoms with Gasteiger partial charge in [0.15, 0.2) is 0 Å². The Balaban J connectivity index is 3.07. The third-order valence-electron chi connectivity index (χ3n) is 2.97. The van der Waals surface area contributed by atoms with E-state index in [2.05, 4.69) is 11.3 Å². The number of hydrogen-bond donors (Lipinski definition) is 0. The molecule has 0 bridgehead atoms. The second-order valence-electron chi connectivity index (χ2n) is 4.41. The quantitative estimate of drug-likeness (QED) is 0.547. The molecule has 0 atom stereocenters. The maximum atomic E-state index is 13.0. The van der Waals surface area contributed by atoms with Gasteiger partial charge in [0.2, 0.25) is 0 Å². The van der Waals surface area contributed by atoms with Crippen molar-refractivity contribution < 1.29 is 31.1 Å². The van der Waals surface area contributed by atoms with Crippen LogP contribution in [0.25, 0.3) is 0 Å². The monoisotopic (exact) mass is 312 g/mol. The lowest BCUT2D eigenvalue weighted by Gasteiger charge is -2.36. The summed E-state index contributed by atoms with van der Waals surface area (Å²) >= 11 is 0. The van der Waals surface area contributed by atoms with Crippen LogP contribution in [-0.2, 0) is 11.2 Å². The third-order valence-corrected chi connectivity index (χ3v) is 2.97. The average molecular weight is 312 g/mol. The van der Waals surface area contributed by atoms with E-state index in [0.29, 0.717) is 5.56 Å². The van der Waals surface area contributed by atoms with Crippen molar-refractivity contribution in [3.63, 3.8) is 0 Å². The number of alkyl halides is 6. The minimum absolute atomic E-state index is 0.373. The molecular weight excluding hydrogens is 298 g/mol. The van der Waals surface area contributed by atoms with E-state index in [9.17, 15) is 26.3 Å². The van der Waals surface area contributed by atoms with E-state index in [4.69, 9.17) is 0 Å². The SMILES string of the molecule is C=CCOC(CCc1ccccc1)(C(F)(F)F)C(F)(F)F. The Bertz CT molecular complexity index is 435. The zero-order valence-corrected chi connectivity index (χ0v) is 11.0. The van der Waals surface area contributed by atoms with Gasteiger partial charge in [-0.2, -0.15) is 26.3 Å². The van der Waals surface area contributed by atoms with Crippen LogP contribution in [0.4, 0.5) is 26.3 Å². The van der Waals surface area contributed by atoms with Crippen molar-refractivity contribution in [1.29, 1.82) is 0 Å². The molecule has 1 rings (SSSR count). The van der Waals surface area contributed by atoms with Crippen molar-refractivity contribution in [2.75, 3.05) is 6.61 Å². The first-order valence-electron chi connectivity index (χ1n) is 6.06. The fraction of sp³-hybridized carbons (Fsp3) is 0.429. The minimum atomic E-state index is -5.57. The van der Waals surface area contributed by atoms with Crippen molar-refractivity contribution in [2.24, 2.45) is 0 Å². The Morgan fingerprint density at radius 3 is 1.90 bits per heavy atom. The molecule has 0 fully saturated rings. The van der Waals surface area contributed by atoms with Crippen LogP contribution in [0.1, 0.15) is 12.0 Å². The van der Waals surface area contributed by atoms with Gasteiger partial charge in [0.25, 0.3) is 5.60 Å². The highest BCUT2D eigenvalue weighted by Gasteiger charge is 2.71. The molecule has 0 aliphatic heterocycles. The molecule has 1 nitrogen and oxygen atoms in total. The van der Waals surface area contributed by atoms with Crippen LogP contribution in [0.2, 0.25) is 0 Å². The van der Waals surface area contributed by atoms with Gasteiger partial charge in [-0.25, -0.2) is 0 Å². The smallest absolute Gasteiger partial charge is 0.354 e. The van der Waals surface area contributed by atoms with E-state index in [0.717, 1.165) is 6.08 Å². The number of benzene rings is 1. The Kier molecular flexibility index (Phi) is 5.44. The van der Waals surface area contributed by atoms with Crippen LogP contribution in [0.3, 0.4) is 0 Å². The minimum Gasteiger partial charge on any atom is -0.354 e. The van der Waals surface area contributed by atoms with Crippen LogP contribution in [0.5, 0.6) is 0 Å². The molecule has 0 radical (unpaired) electrons. The summed E-state index contributed by atoms with van der Waals surface area (Å²) in [7, 11) is 0. The fourth-order valence-electron chi connectivity index (χ4n) is 1.85.